The Hall–Kier alpha value is -1.06. The molecule has 0 aliphatic heterocycles. The molecule has 0 aliphatic rings. The number of rotatable bonds is 24. The van der Waals surface area contributed by atoms with Crippen LogP contribution in [0.3, 0.4) is 0 Å². The van der Waals surface area contributed by atoms with Crippen molar-refractivity contribution < 1.29 is 19.8 Å². The van der Waals surface area contributed by atoms with Gasteiger partial charge in [-0.05, 0) is 18.8 Å². The van der Waals surface area contributed by atoms with E-state index < -0.39 is 11.9 Å². The zero-order valence-corrected chi connectivity index (χ0v) is 19.8. The van der Waals surface area contributed by atoms with Crippen LogP contribution < -0.4 is 0 Å². The molecule has 178 valence electrons. The highest BCUT2D eigenvalue weighted by atomic mass is 16.4. The molecule has 0 rings (SSSR count). The van der Waals surface area contributed by atoms with E-state index >= 15 is 0 Å². The normalized spacial score (nSPS) is 11.3. The Bertz CT molecular complexity index is 358. The lowest BCUT2D eigenvalue weighted by Gasteiger charge is -2.11. The highest BCUT2D eigenvalue weighted by Crippen LogP contribution is 2.19. The number of aliphatic carboxylic acids is 2. The van der Waals surface area contributed by atoms with Crippen molar-refractivity contribution in [3.63, 3.8) is 0 Å². The van der Waals surface area contributed by atoms with Crippen LogP contribution in [0.25, 0.3) is 0 Å². The van der Waals surface area contributed by atoms with E-state index in [1.54, 1.807) is 0 Å². The molecule has 0 aromatic carbocycles. The van der Waals surface area contributed by atoms with Crippen LogP contribution in [0.4, 0.5) is 0 Å². The molecule has 0 aromatic rings. The van der Waals surface area contributed by atoms with Crippen molar-refractivity contribution in [1.29, 1.82) is 0 Å². The number of carbonyl (C=O) groups is 2. The summed E-state index contributed by atoms with van der Waals surface area (Å²) in [6.07, 6.45) is 25.7. The fraction of sp³-hybridized carbons (Fsp3) is 0.923. The maximum Gasteiger partial charge on any atom is 0.303 e. The molecule has 0 fully saturated rings. The Kier molecular flexibility index (Phi) is 21.8. The minimum Gasteiger partial charge on any atom is -0.481 e. The number of hydrogen-bond acceptors (Lipinski definition) is 2. The molecule has 0 radical (unpaired) electrons. The third kappa shape index (κ3) is 25.0. The van der Waals surface area contributed by atoms with Gasteiger partial charge in [-0.3, -0.25) is 9.59 Å². The molecule has 0 spiro atoms. The van der Waals surface area contributed by atoms with Crippen molar-refractivity contribution in [3.05, 3.63) is 0 Å². The zero-order valence-electron chi connectivity index (χ0n) is 19.8. The Labute approximate surface area is 186 Å². The second kappa shape index (κ2) is 22.6. The summed E-state index contributed by atoms with van der Waals surface area (Å²) >= 11 is 0. The summed E-state index contributed by atoms with van der Waals surface area (Å²) < 4.78 is 0. The predicted molar refractivity (Wildman–Crippen MR) is 126 cm³/mol. The number of hydrogen-bond donors (Lipinski definition) is 2. The second-order valence-corrected chi connectivity index (χ2v) is 9.33. The summed E-state index contributed by atoms with van der Waals surface area (Å²) in [6.45, 7) is 2.41. The van der Waals surface area contributed by atoms with Gasteiger partial charge in [0.15, 0.2) is 0 Å². The zero-order chi connectivity index (χ0) is 22.3. The maximum absolute atomic E-state index is 10.4. The third-order valence-corrected chi connectivity index (χ3v) is 6.18. The average molecular weight is 427 g/mol. The number of unbranched alkanes of at least 4 members (excludes halogenated alkanes) is 16. The molecule has 4 heteroatoms. The number of carboxylic acids is 2. The molecule has 0 saturated heterocycles. The Morgan fingerprint density at radius 3 is 0.967 bits per heavy atom. The Morgan fingerprint density at radius 2 is 0.700 bits per heavy atom. The summed E-state index contributed by atoms with van der Waals surface area (Å²) in [5.41, 5.74) is 0. The van der Waals surface area contributed by atoms with Crippen molar-refractivity contribution in [2.75, 3.05) is 0 Å². The van der Waals surface area contributed by atoms with Gasteiger partial charge in [0.2, 0.25) is 0 Å². The fourth-order valence-corrected chi connectivity index (χ4v) is 4.16. The van der Waals surface area contributed by atoms with Crippen molar-refractivity contribution in [2.45, 2.75) is 148 Å². The lowest BCUT2D eigenvalue weighted by Crippen LogP contribution is -1.95. The van der Waals surface area contributed by atoms with Crippen LogP contribution in [0.15, 0.2) is 0 Å². The van der Waals surface area contributed by atoms with Gasteiger partial charge in [0.1, 0.15) is 0 Å². The van der Waals surface area contributed by atoms with Crippen LogP contribution in [0.2, 0.25) is 0 Å². The van der Waals surface area contributed by atoms with Crippen LogP contribution in [0, 0.1) is 5.92 Å². The minimum atomic E-state index is -0.664. The second-order valence-electron chi connectivity index (χ2n) is 9.33. The Balaban J connectivity index is 3.17. The molecule has 0 atom stereocenters. The first-order valence-electron chi connectivity index (χ1n) is 13.0. The summed E-state index contributed by atoms with van der Waals surface area (Å²) in [5.74, 6) is -0.460. The highest BCUT2D eigenvalue weighted by molar-refractivity contribution is 5.66. The lowest BCUT2D eigenvalue weighted by atomic mass is 9.95. The molecular formula is C26H50O4. The summed E-state index contributed by atoms with van der Waals surface area (Å²) in [4.78, 5) is 20.9. The molecule has 4 nitrogen and oxygen atoms in total. The van der Waals surface area contributed by atoms with Gasteiger partial charge in [0.05, 0.1) is 0 Å². The van der Waals surface area contributed by atoms with Crippen LogP contribution >= 0.6 is 0 Å². The molecule has 2 N–H and O–H groups in total. The van der Waals surface area contributed by atoms with Crippen LogP contribution in [-0.4, -0.2) is 22.2 Å². The van der Waals surface area contributed by atoms with Gasteiger partial charge in [-0.15, -0.1) is 0 Å². The molecule has 30 heavy (non-hydrogen) atoms. The molecule has 0 heterocycles. The molecule has 0 amide bonds. The van der Waals surface area contributed by atoms with E-state index in [2.05, 4.69) is 6.92 Å². The monoisotopic (exact) mass is 426 g/mol. The molecule has 0 bridgehead atoms. The fourth-order valence-electron chi connectivity index (χ4n) is 4.16. The largest absolute Gasteiger partial charge is 0.481 e. The summed E-state index contributed by atoms with van der Waals surface area (Å²) in [7, 11) is 0. The molecular weight excluding hydrogens is 376 g/mol. The van der Waals surface area contributed by atoms with Gasteiger partial charge in [-0.25, -0.2) is 0 Å². The minimum absolute atomic E-state index is 0.329. The molecule has 0 aliphatic carbocycles. The SMILES string of the molecule is CC(CCCCCCCCCCCC(=O)O)CCCCCCCCCCCC(=O)O. The first kappa shape index (κ1) is 28.9. The van der Waals surface area contributed by atoms with E-state index in [-0.39, 0.29) is 0 Å². The van der Waals surface area contributed by atoms with E-state index in [0.717, 1.165) is 31.6 Å². The smallest absolute Gasteiger partial charge is 0.303 e. The van der Waals surface area contributed by atoms with Gasteiger partial charge < -0.3 is 10.2 Å². The van der Waals surface area contributed by atoms with Gasteiger partial charge >= 0.3 is 11.9 Å². The van der Waals surface area contributed by atoms with E-state index in [9.17, 15) is 9.59 Å². The van der Waals surface area contributed by atoms with Gasteiger partial charge in [-0.2, -0.15) is 0 Å². The summed E-state index contributed by atoms with van der Waals surface area (Å²) in [5, 5.41) is 17.2. The van der Waals surface area contributed by atoms with Crippen molar-refractivity contribution in [3.8, 4) is 0 Å². The average Bonchev–Trinajstić information content (AvgIpc) is 2.69. The van der Waals surface area contributed by atoms with Crippen molar-refractivity contribution in [1.82, 2.24) is 0 Å². The standard InChI is InChI=1S/C26H50O4/c1-24(20-16-12-8-4-2-6-10-14-18-22-25(27)28)21-17-13-9-5-3-7-11-15-19-23-26(29)30/h24H,2-23H2,1H3,(H,27,28)(H,29,30). The van der Waals surface area contributed by atoms with E-state index in [0.29, 0.717) is 12.8 Å². The van der Waals surface area contributed by atoms with E-state index in [1.165, 1.54) is 103 Å². The molecule has 0 saturated carbocycles. The van der Waals surface area contributed by atoms with Gasteiger partial charge in [-0.1, -0.05) is 122 Å². The highest BCUT2D eigenvalue weighted by Gasteiger charge is 2.03. The van der Waals surface area contributed by atoms with E-state index in [4.69, 9.17) is 10.2 Å². The van der Waals surface area contributed by atoms with Gasteiger partial charge in [0.25, 0.3) is 0 Å². The van der Waals surface area contributed by atoms with E-state index in [1.807, 2.05) is 0 Å². The third-order valence-electron chi connectivity index (χ3n) is 6.18. The molecule has 0 unspecified atom stereocenters. The van der Waals surface area contributed by atoms with Crippen LogP contribution in [0.1, 0.15) is 148 Å². The quantitative estimate of drug-likeness (QED) is 0.152. The van der Waals surface area contributed by atoms with Crippen molar-refractivity contribution >= 4 is 11.9 Å². The Morgan fingerprint density at radius 1 is 0.467 bits per heavy atom. The van der Waals surface area contributed by atoms with Crippen molar-refractivity contribution in [2.24, 2.45) is 5.92 Å². The van der Waals surface area contributed by atoms with Gasteiger partial charge in [0, 0.05) is 12.8 Å². The maximum atomic E-state index is 10.4. The lowest BCUT2D eigenvalue weighted by molar-refractivity contribution is -0.138. The van der Waals surface area contributed by atoms with Crippen LogP contribution in [-0.2, 0) is 9.59 Å². The first-order chi connectivity index (χ1) is 14.5. The topological polar surface area (TPSA) is 74.6 Å². The van der Waals surface area contributed by atoms with Crippen LogP contribution in [0.5, 0.6) is 0 Å². The predicted octanol–water partition coefficient (Wildman–Crippen LogP) is 8.37. The molecule has 0 aromatic heterocycles. The first-order valence-corrected chi connectivity index (χ1v) is 13.0. The summed E-state index contributed by atoms with van der Waals surface area (Å²) in [6, 6.07) is 0. The number of carboxylic acid groups (broad SMARTS) is 2.